The van der Waals surface area contributed by atoms with E-state index in [0.717, 1.165) is 0 Å². The topological polar surface area (TPSA) is 83.2 Å². The summed E-state index contributed by atoms with van der Waals surface area (Å²) < 4.78 is 0. The van der Waals surface area contributed by atoms with E-state index >= 15 is 0 Å². The number of hydrogen-bond donors (Lipinski definition) is 1. The van der Waals surface area contributed by atoms with Gasteiger partial charge in [0.15, 0.2) is 0 Å². The van der Waals surface area contributed by atoms with Crippen molar-refractivity contribution < 1.29 is 33.6 Å². The van der Waals surface area contributed by atoms with Crippen molar-refractivity contribution in [2.24, 2.45) is 5.73 Å². The van der Waals surface area contributed by atoms with Crippen molar-refractivity contribution in [2.75, 3.05) is 0 Å². The van der Waals surface area contributed by atoms with Gasteiger partial charge in [-0.05, 0) is 0 Å². The number of aliphatic carboxylic acids is 1. The summed E-state index contributed by atoms with van der Waals surface area (Å²) in [5, 5.41) is 9.40. The number of nitrogens with two attached hydrogens (primary N) is 1. The molecule has 5 heteroatoms. The average Bonchev–Trinajstić information content (AvgIpc) is 1.27. The Morgan fingerprint density at radius 1 is 1.50 bits per heavy atom. The Hall–Kier alpha value is -0.463. The number of rotatable bonds is 2. The molecule has 0 aliphatic carbocycles. The van der Waals surface area contributed by atoms with Crippen LogP contribution in [0.2, 0.25) is 0 Å². The number of carboxylic acid groups (broad SMARTS) is 1. The maximum atomic E-state index is 9.61. The summed E-state index contributed by atoms with van der Waals surface area (Å²) in [6, 6.07) is 0. The summed E-state index contributed by atoms with van der Waals surface area (Å²) in [5.41, 5.74) is 4.43. The Morgan fingerprint density at radius 3 is 1.88 bits per heavy atom. The van der Waals surface area contributed by atoms with Gasteiger partial charge in [0.05, 0.1) is 12.4 Å². The fourth-order valence-electron chi connectivity index (χ4n) is 0.142. The molecule has 0 spiro atoms. The SMILES string of the molecule is NC(=O)CC(=O)[O-].[Li+]. The van der Waals surface area contributed by atoms with E-state index in [0.29, 0.717) is 0 Å². The standard InChI is InChI=1S/C3H5NO3.Li/c4-2(5)1-3(6)7;/h1H2,(H2,4,5)(H,6,7);/q;+1/p-1. The first-order valence-corrected chi connectivity index (χ1v) is 1.61. The van der Waals surface area contributed by atoms with Gasteiger partial charge in [-0.15, -0.1) is 0 Å². The normalized spacial score (nSPS) is 7.00. The molecule has 4 nitrogen and oxygen atoms in total. The van der Waals surface area contributed by atoms with Crippen LogP contribution in [0.4, 0.5) is 0 Å². The van der Waals surface area contributed by atoms with Crippen LogP contribution in [0, 0.1) is 0 Å². The van der Waals surface area contributed by atoms with E-state index in [9.17, 15) is 14.7 Å². The zero-order chi connectivity index (χ0) is 5.86. The van der Waals surface area contributed by atoms with Crippen LogP contribution in [0.5, 0.6) is 0 Å². The van der Waals surface area contributed by atoms with Crippen LogP contribution >= 0.6 is 0 Å². The van der Waals surface area contributed by atoms with Crippen LogP contribution in [0.1, 0.15) is 6.42 Å². The molecule has 0 bridgehead atoms. The third-order valence-electron chi connectivity index (χ3n) is 0.319. The predicted molar refractivity (Wildman–Crippen MR) is 18.8 cm³/mol. The Morgan fingerprint density at radius 2 is 1.88 bits per heavy atom. The molecule has 0 fully saturated rings. The smallest absolute Gasteiger partial charge is 0.550 e. The van der Waals surface area contributed by atoms with E-state index in [-0.39, 0.29) is 18.9 Å². The van der Waals surface area contributed by atoms with Crippen molar-refractivity contribution in [2.45, 2.75) is 6.42 Å². The van der Waals surface area contributed by atoms with Crippen molar-refractivity contribution in [3.05, 3.63) is 0 Å². The molecule has 0 aliphatic rings. The molecule has 0 atom stereocenters. The molecular weight excluding hydrogens is 105 g/mol. The van der Waals surface area contributed by atoms with Crippen LogP contribution < -0.4 is 29.7 Å². The van der Waals surface area contributed by atoms with Crippen LogP contribution in [-0.2, 0) is 9.59 Å². The zero-order valence-corrected chi connectivity index (χ0v) is 4.51. The monoisotopic (exact) mass is 109 g/mol. The fourth-order valence-corrected chi connectivity index (χ4v) is 0.142. The van der Waals surface area contributed by atoms with Crippen molar-refractivity contribution in [3.8, 4) is 0 Å². The number of amides is 1. The molecule has 0 aromatic carbocycles. The predicted octanol–water partition coefficient (Wildman–Crippen LogP) is -5.38. The van der Waals surface area contributed by atoms with Gasteiger partial charge in [0.1, 0.15) is 0 Å². The Kier molecular flexibility index (Phi) is 6.16. The zero-order valence-electron chi connectivity index (χ0n) is 4.51. The van der Waals surface area contributed by atoms with E-state index in [1.807, 2.05) is 0 Å². The number of carboxylic acids is 1. The molecule has 0 saturated carbocycles. The van der Waals surface area contributed by atoms with Crippen molar-refractivity contribution in [3.63, 3.8) is 0 Å². The molecule has 0 rings (SSSR count). The Labute approximate surface area is 58.2 Å². The molecule has 0 unspecified atom stereocenters. The van der Waals surface area contributed by atoms with Crippen molar-refractivity contribution in [1.29, 1.82) is 0 Å². The van der Waals surface area contributed by atoms with Gasteiger partial charge in [-0.1, -0.05) is 0 Å². The Balaban J connectivity index is 0. The molecule has 0 saturated heterocycles. The number of carbonyl (C=O) groups is 2. The minimum atomic E-state index is -1.44. The number of hydrogen-bond acceptors (Lipinski definition) is 3. The van der Waals surface area contributed by atoms with Crippen LogP contribution in [0.3, 0.4) is 0 Å². The first-order chi connectivity index (χ1) is 3.13. The minimum Gasteiger partial charge on any atom is -0.550 e. The number of carbonyl (C=O) groups excluding carboxylic acids is 2. The van der Waals surface area contributed by atoms with Gasteiger partial charge < -0.3 is 15.6 Å². The summed E-state index contributed by atoms with van der Waals surface area (Å²) in [6.07, 6.45) is -0.694. The molecular formula is C3H4LiNO3. The molecule has 0 aromatic rings. The van der Waals surface area contributed by atoms with Gasteiger partial charge in [-0.25, -0.2) is 0 Å². The Bertz CT molecular complexity index is 90.7. The summed E-state index contributed by atoms with van der Waals surface area (Å²) in [6.45, 7) is 0. The number of primary amides is 1. The van der Waals surface area contributed by atoms with Crippen molar-refractivity contribution >= 4 is 11.9 Å². The summed E-state index contributed by atoms with van der Waals surface area (Å²) >= 11 is 0. The molecule has 40 valence electrons. The van der Waals surface area contributed by atoms with Crippen LogP contribution in [-0.4, -0.2) is 11.9 Å². The van der Waals surface area contributed by atoms with E-state index in [1.165, 1.54) is 0 Å². The molecule has 2 N–H and O–H groups in total. The third kappa shape index (κ3) is 9.11. The maximum absolute atomic E-state index is 9.61. The third-order valence-corrected chi connectivity index (χ3v) is 0.319. The molecule has 0 radical (unpaired) electrons. The summed E-state index contributed by atoms with van der Waals surface area (Å²) in [5.74, 6) is -2.31. The second-order valence-corrected chi connectivity index (χ2v) is 1.02. The first kappa shape index (κ1) is 10.5. The van der Waals surface area contributed by atoms with Crippen LogP contribution in [0.25, 0.3) is 0 Å². The minimum absolute atomic E-state index is 0. The molecule has 1 amide bonds. The second kappa shape index (κ2) is 4.69. The van der Waals surface area contributed by atoms with E-state index in [2.05, 4.69) is 5.73 Å². The van der Waals surface area contributed by atoms with Gasteiger partial charge in [-0.3, -0.25) is 4.79 Å². The fraction of sp³-hybridized carbons (Fsp3) is 0.333. The van der Waals surface area contributed by atoms with Crippen molar-refractivity contribution in [1.82, 2.24) is 0 Å². The van der Waals surface area contributed by atoms with E-state index < -0.39 is 18.3 Å². The first-order valence-electron chi connectivity index (χ1n) is 1.61. The van der Waals surface area contributed by atoms with Crippen LogP contribution in [0.15, 0.2) is 0 Å². The van der Waals surface area contributed by atoms with Gasteiger partial charge in [0.2, 0.25) is 5.91 Å². The average molecular weight is 109 g/mol. The van der Waals surface area contributed by atoms with E-state index in [1.54, 1.807) is 0 Å². The summed E-state index contributed by atoms with van der Waals surface area (Å²) in [4.78, 5) is 19.0. The second-order valence-electron chi connectivity index (χ2n) is 1.02. The van der Waals surface area contributed by atoms with Gasteiger partial charge >= 0.3 is 18.9 Å². The molecule has 0 aromatic heterocycles. The van der Waals surface area contributed by atoms with E-state index in [4.69, 9.17) is 0 Å². The maximum Gasteiger partial charge on any atom is 1.00 e. The van der Waals surface area contributed by atoms with Gasteiger partial charge in [0.25, 0.3) is 0 Å². The summed E-state index contributed by atoms with van der Waals surface area (Å²) in [7, 11) is 0. The molecule has 8 heavy (non-hydrogen) atoms. The largest absolute Gasteiger partial charge is 1.00 e. The quantitative estimate of drug-likeness (QED) is 0.284. The van der Waals surface area contributed by atoms with Gasteiger partial charge in [-0.2, -0.15) is 0 Å². The van der Waals surface area contributed by atoms with Gasteiger partial charge in [0, 0.05) is 0 Å². The molecule has 0 heterocycles. The molecule has 0 aliphatic heterocycles.